The van der Waals surface area contributed by atoms with E-state index >= 15 is 0 Å². The number of nitrogens with one attached hydrogen (secondary N) is 1. The van der Waals surface area contributed by atoms with Crippen LogP contribution in [0.5, 0.6) is 0 Å². The lowest BCUT2D eigenvalue weighted by molar-refractivity contribution is 1.08. The molecule has 0 amide bonds. The highest BCUT2D eigenvalue weighted by Gasteiger charge is 2.07. The van der Waals surface area contributed by atoms with Gasteiger partial charge in [-0.15, -0.1) is 0 Å². The molecule has 15 heavy (non-hydrogen) atoms. The number of aromatic nitrogens is 2. The molecule has 0 aliphatic carbocycles. The quantitative estimate of drug-likeness (QED) is 0.850. The van der Waals surface area contributed by atoms with E-state index in [2.05, 4.69) is 10.2 Å². The fourth-order valence-corrected chi connectivity index (χ4v) is 1.67. The van der Waals surface area contributed by atoms with E-state index < -0.39 is 0 Å². The lowest BCUT2D eigenvalue weighted by Crippen LogP contribution is -1.96. The molecule has 2 aromatic rings. The van der Waals surface area contributed by atoms with Crippen LogP contribution in [0, 0.1) is 0 Å². The zero-order chi connectivity index (χ0) is 10.8. The molecule has 0 spiro atoms. The first-order valence-electron chi connectivity index (χ1n) is 4.40. The molecule has 78 valence electrons. The van der Waals surface area contributed by atoms with Crippen molar-refractivity contribution >= 4 is 23.2 Å². The smallest absolute Gasteiger partial charge is 0.0695 e. The van der Waals surface area contributed by atoms with Gasteiger partial charge in [0, 0.05) is 17.7 Å². The Morgan fingerprint density at radius 3 is 2.73 bits per heavy atom. The second-order valence-corrected chi connectivity index (χ2v) is 3.92. The minimum absolute atomic E-state index is 0.437. The van der Waals surface area contributed by atoms with Gasteiger partial charge in [-0.05, 0) is 12.1 Å². The van der Waals surface area contributed by atoms with Crippen LogP contribution in [0.3, 0.4) is 0 Å². The average Bonchev–Trinajstić information content (AvgIpc) is 2.70. The Kier molecular flexibility index (Phi) is 2.95. The van der Waals surface area contributed by atoms with Crippen LogP contribution in [0.25, 0.3) is 11.3 Å². The first-order chi connectivity index (χ1) is 7.22. The molecule has 1 heterocycles. The normalized spacial score (nSPS) is 10.6. The topological polar surface area (TPSA) is 54.7 Å². The van der Waals surface area contributed by atoms with Crippen LogP contribution in [-0.4, -0.2) is 10.2 Å². The van der Waals surface area contributed by atoms with Crippen LogP contribution in [0.1, 0.15) is 5.56 Å². The maximum Gasteiger partial charge on any atom is 0.0695 e. The summed E-state index contributed by atoms with van der Waals surface area (Å²) in [4.78, 5) is 0. The Morgan fingerprint density at radius 1 is 1.27 bits per heavy atom. The molecule has 0 aliphatic heterocycles. The maximum atomic E-state index is 5.93. The Labute approximate surface area is 97.2 Å². The fraction of sp³-hybridized carbons (Fsp3) is 0.100. The van der Waals surface area contributed by atoms with Gasteiger partial charge in [-0.25, -0.2) is 0 Å². The standard InChI is InChI=1S/C10H9Cl2N3/c11-8-2-1-6(3-9(8)12)10-7(4-13)5-14-15-10/h1-3,5H,4,13H2,(H,14,15). The second-order valence-electron chi connectivity index (χ2n) is 3.10. The molecule has 0 saturated heterocycles. The van der Waals surface area contributed by atoms with Gasteiger partial charge in [0.25, 0.3) is 0 Å². The Balaban J connectivity index is 2.50. The molecule has 0 atom stereocenters. The number of hydrogen-bond donors (Lipinski definition) is 2. The first-order valence-corrected chi connectivity index (χ1v) is 5.15. The van der Waals surface area contributed by atoms with Crippen LogP contribution < -0.4 is 5.73 Å². The molecule has 0 saturated carbocycles. The Bertz CT molecular complexity index is 479. The maximum absolute atomic E-state index is 5.93. The minimum atomic E-state index is 0.437. The highest BCUT2D eigenvalue weighted by Crippen LogP contribution is 2.28. The molecule has 3 nitrogen and oxygen atoms in total. The van der Waals surface area contributed by atoms with Crippen molar-refractivity contribution in [1.82, 2.24) is 10.2 Å². The molecule has 0 aliphatic rings. The van der Waals surface area contributed by atoms with E-state index in [9.17, 15) is 0 Å². The number of nitrogens with zero attached hydrogens (tertiary/aromatic N) is 1. The highest BCUT2D eigenvalue weighted by molar-refractivity contribution is 6.42. The number of rotatable bonds is 2. The van der Waals surface area contributed by atoms with Crippen LogP contribution in [-0.2, 0) is 6.54 Å². The van der Waals surface area contributed by atoms with E-state index in [4.69, 9.17) is 28.9 Å². The van der Waals surface area contributed by atoms with E-state index in [1.165, 1.54) is 0 Å². The van der Waals surface area contributed by atoms with Gasteiger partial charge in [0.15, 0.2) is 0 Å². The van der Waals surface area contributed by atoms with E-state index in [1.807, 2.05) is 6.07 Å². The predicted molar refractivity (Wildman–Crippen MR) is 61.9 cm³/mol. The Hall–Kier alpha value is -1.03. The Morgan fingerprint density at radius 2 is 2.07 bits per heavy atom. The van der Waals surface area contributed by atoms with Gasteiger partial charge in [0.1, 0.15) is 0 Å². The highest BCUT2D eigenvalue weighted by atomic mass is 35.5. The molecular weight excluding hydrogens is 233 g/mol. The summed E-state index contributed by atoms with van der Waals surface area (Å²) in [5.74, 6) is 0. The van der Waals surface area contributed by atoms with E-state index in [1.54, 1.807) is 18.3 Å². The van der Waals surface area contributed by atoms with Crippen molar-refractivity contribution in [3.05, 3.63) is 40.0 Å². The number of H-pyrrole nitrogens is 1. The van der Waals surface area contributed by atoms with Gasteiger partial charge in [-0.1, -0.05) is 29.3 Å². The summed E-state index contributed by atoms with van der Waals surface area (Å²) >= 11 is 11.8. The molecule has 0 fully saturated rings. The number of hydrogen-bond acceptors (Lipinski definition) is 2. The van der Waals surface area contributed by atoms with Gasteiger partial charge in [-0.2, -0.15) is 5.10 Å². The summed E-state index contributed by atoms with van der Waals surface area (Å²) < 4.78 is 0. The van der Waals surface area contributed by atoms with E-state index in [-0.39, 0.29) is 0 Å². The summed E-state index contributed by atoms with van der Waals surface area (Å²) in [7, 11) is 0. The monoisotopic (exact) mass is 241 g/mol. The molecule has 1 aromatic carbocycles. The SMILES string of the molecule is NCc1cn[nH]c1-c1ccc(Cl)c(Cl)c1. The lowest BCUT2D eigenvalue weighted by atomic mass is 10.1. The molecule has 0 radical (unpaired) electrons. The largest absolute Gasteiger partial charge is 0.326 e. The molecule has 0 unspecified atom stereocenters. The van der Waals surface area contributed by atoms with Crippen LogP contribution in [0.4, 0.5) is 0 Å². The summed E-state index contributed by atoms with van der Waals surface area (Å²) in [6.07, 6.45) is 1.71. The van der Waals surface area contributed by atoms with Crippen molar-refractivity contribution in [3.63, 3.8) is 0 Å². The zero-order valence-electron chi connectivity index (χ0n) is 7.80. The van der Waals surface area contributed by atoms with Crippen molar-refractivity contribution in [2.45, 2.75) is 6.54 Å². The predicted octanol–water partition coefficient (Wildman–Crippen LogP) is 2.84. The lowest BCUT2D eigenvalue weighted by Gasteiger charge is -2.02. The van der Waals surface area contributed by atoms with Crippen LogP contribution in [0.15, 0.2) is 24.4 Å². The van der Waals surface area contributed by atoms with E-state index in [0.717, 1.165) is 16.8 Å². The number of halogens is 2. The van der Waals surface area contributed by atoms with Crippen molar-refractivity contribution in [1.29, 1.82) is 0 Å². The van der Waals surface area contributed by atoms with Crippen molar-refractivity contribution in [2.75, 3.05) is 0 Å². The van der Waals surface area contributed by atoms with Crippen molar-refractivity contribution in [2.24, 2.45) is 5.73 Å². The fourth-order valence-electron chi connectivity index (χ4n) is 1.37. The zero-order valence-corrected chi connectivity index (χ0v) is 9.31. The summed E-state index contributed by atoms with van der Waals surface area (Å²) in [6.45, 7) is 0.437. The first kappa shape index (κ1) is 10.5. The number of benzene rings is 1. The molecule has 3 N–H and O–H groups in total. The average molecular weight is 242 g/mol. The minimum Gasteiger partial charge on any atom is -0.326 e. The van der Waals surface area contributed by atoms with Gasteiger partial charge >= 0.3 is 0 Å². The third-order valence-electron chi connectivity index (χ3n) is 2.15. The van der Waals surface area contributed by atoms with Crippen LogP contribution in [0.2, 0.25) is 10.0 Å². The molecular formula is C10H9Cl2N3. The van der Waals surface area contributed by atoms with Gasteiger partial charge in [0.05, 0.1) is 21.9 Å². The number of aromatic amines is 1. The van der Waals surface area contributed by atoms with Gasteiger partial charge in [-0.3, -0.25) is 5.10 Å². The molecule has 5 heteroatoms. The number of nitrogens with two attached hydrogens (primary N) is 1. The molecule has 0 bridgehead atoms. The summed E-state index contributed by atoms with van der Waals surface area (Å²) in [5.41, 5.74) is 8.35. The third-order valence-corrected chi connectivity index (χ3v) is 2.89. The summed E-state index contributed by atoms with van der Waals surface area (Å²) in [6, 6.07) is 5.41. The van der Waals surface area contributed by atoms with Gasteiger partial charge in [0.2, 0.25) is 0 Å². The molecule has 2 rings (SSSR count). The van der Waals surface area contributed by atoms with Crippen LogP contribution >= 0.6 is 23.2 Å². The van der Waals surface area contributed by atoms with Gasteiger partial charge < -0.3 is 5.73 Å². The third kappa shape index (κ3) is 2.00. The second kappa shape index (κ2) is 4.23. The van der Waals surface area contributed by atoms with Crippen molar-refractivity contribution in [3.8, 4) is 11.3 Å². The van der Waals surface area contributed by atoms with E-state index in [0.29, 0.717) is 16.6 Å². The molecule has 1 aromatic heterocycles. The summed E-state index contributed by atoms with van der Waals surface area (Å²) in [5, 5.41) is 7.88. The van der Waals surface area contributed by atoms with Crippen molar-refractivity contribution < 1.29 is 0 Å².